The van der Waals surface area contributed by atoms with Crippen molar-refractivity contribution in [3.63, 3.8) is 0 Å². The molecule has 0 aliphatic heterocycles. The fourth-order valence-corrected chi connectivity index (χ4v) is 2.61. The van der Waals surface area contributed by atoms with Gasteiger partial charge in [-0.15, -0.1) is 0 Å². The maximum Gasteiger partial charge on any atom is 0.0921 e. The molecule has 2 heterocycles. The van der Waals surface area contributed by atoms with Crippen molar-refractivity contribution in [1.29, 1.82) is 0 Å². The highest BCUT2D eigenvalue weighted by molar-refractivity contribution is 5.39. The van der Waals surface area contributed by atoms with Crippen molar-refractivity contribution in [2.75, 3.05) is 0 Å². The summed E-state index contributed by atoms with van der Waals surface area (Å²) in [5.41, 5.74) is 6.26. The topological polar surface area (TPSA) is 57.4 Å². The summed E-state index contributed by atoms with van der Waals surface area (Å²) in [6.07, 6.45) is 6.32. The second-order valence-corrected chi connectivity index (χ2v) is 5.13. The first-order chi connectivity index (χ1) is 9.75. The Bertz CT molecular complexity index is 669. The quantitative estimate of drug-likeness (QED) is 0.762. The van der Waals surface area contributed by atoms with Crippen molar-refractivity contribution >= 4 is 0 Å². The molecule has 4 nitrogen and oxygen atoms in total. The lowest BCUT2D eigenvalue weighted by Crippen LogP contribution is -2.08. The largest absolute Gasteiger partial charge is 0.348 e. The van der Waals surface area contributed by atoms with Crippen LogP contribution in [0.25, 0.3) is 0 Å². The van der Waals surface area contributed by atoms with Crippen LogP contribution in [0.2, 0.25) is 0 Å². The Balaban J connectivity index is 2.03. The summed E-state index contributed by atoms with van der Waals surface area (Å²) in [5.74, 6) is 0.262. The zero-order valence-electron chi connectivity index (χ0n) is 11.7. The molecule has 2 aromatic heterocycles. The highest BCUT2D eigenvalue weighted by atomic mass is 15.1. The van der Waals surface area contributed by atoms with E-state index >= 15 is 0 Å². The van der Waals surface area contributed by atoms with E-state index in [1.165, 1.54) is 16.7 Å². The zero-order chi connectivity index (χ0) is 13.9. The lowest BCUT2D eigenvalue weighted by molar-refractivity contribution is 0.750. The molecule has 3 aromatic rings. The highest BCUT2D eigenvalue weighted by Gasteiger charge is 2.19. The summed E-state index contributed by atoms with van der Waals surface area (Å²) < 4.78 is 0. The van der Waals surface area contributed by atoms with E-state index in [1.807, 2.05) is 12.3 Å². The fourth-order valence-electron chi connectivity index (χ4n) is 2.61. The van der Waals surface area contributed by atoms with E-state index in [4.69, 9.17) is 0 Å². The maximum absolute atomic E-state index is 4.17. The molecule has 0 radical (unpaired) electrons. The maximum atomic E-state index is 4.17. The van der Waals surface area contributed by atoms with Gasteiger partial charge < -0.3 is 4.98 Å². The normalized spacial score (nSPS) is 12.5. The molecule has 0 aliphatic rings. The van der Waals surface area contributed by atoms with Crippen molar-refractivity contribution in [3.05, 3.63) is 71.1 Å². The summed E-state index contributed by atoms with van der Waals surface area (Å²) in [6.45, 7) is 4.33. The van der Waals surface area contributed by atoms with Crippen molar-refractivity contribution < 1.29 is 0 Å². The van der Waals surface area contributed by atoms with Crippen LogP contribution in [0.3, 0.4) is 0 Å². The summed E-state index contributed by atoms with van der Waals surface area (Å²) in [7, 11) is 0. The van der Waals surface area contributed by atoms with E-state index in [1.54, 1.807) is 12.5 Å². The number of aryl methyl sites for hydroxylation is 1. The van der Waals surface area contributed by atoms with Gasteiger partial charge in [-0.1, -0.05) is 18.2 Å². The van der Waals surface area contributed by atoms with Gasteiger partial charge >= 0.3 is 0 Å². The SMILES string of the molecule is Cc1cccc([C@H](Cc2ccn[nH]2)c2cnc[nH]2)c1C. The van der Waals surface area contributed by atoms with Crippen LogP contribution in [-0.2, 0) is 6.42 Å². The number of hydrogen-bond donors (Lipinski definition) is 2. The molecule has 20 heavy (non-hydrogen) atoms. The first-order valence-corrected chi connectivity index (χ1v) is 6.78. The molecule has 0 saturated heterocycles. The lowest BCUT2D eigenvalue weighted by atomic mass is 9.87. The average molecular weight is 266 g/mol. The number of aromatic amines is 2. The molecule has 0 aliphatic carbocycles. The predicted molar refractivity (Wildman–Crippen MR) is 78.6 cm³/mol. The number of aromatic nitrogens is 4. The van der Waals surface area contributed by atoms with Crippen LogP contribution >= 0.6 is 0 Å². The van der Waals surface area contributed by atoms with E-state index in [-0.39, 0.29) is 5.92 Å². The number of benzene rings is 1. The second-order valence-electron chi connectivity index (χ2n) is 5.13. The van der Waals surface area contributed by atoms with E-state index in [0.29, 0.717) is 0 Å². The summed E-state index contributed by atoms with van der Waals surface area (Å²) in [4.78, 5) is 7.42. The molecule has 3 rings (SSSR count). The number of imidazole rings is 1. The Morgan fingerprint density at radius 2 is 2.10 bits per heavy atom. The van der Waals surface area contributed by atoms with Gasteiger partial charge in [0.15, 0.2) is 0 Å². The van der Waals surface area contributed by atoms with Crippen LogP contribution in [-0.4, -0.2) is 20.2 Å². The zero-order valence-corrected chi connectivity index (χ0v) is 11.7. The monoisotopic (exact) mass is 266 g/mol. The van der Waals surface area contributed by atoms with E-state index in [0.717, 1.165) is 17.8 Å². The predicted octanol–water partition coefficient (Wildman–Crippen LogP) is 3.12. The molecule has 0 fully saturated rings. The Morgan fingerprint density at radius 1 is 1.20 bits per heavy atom. The van der Waals surface area contributed by atoms with Gasteiger partial charge in [-0.25, -0.2) is 4.98 Å². The van der Waals surface area contributed by atoms with Gasteiger partial charge in [-0.2, -0.15) is 5.10 Å². The Hall–Kier alpha value is -2.36. The van der Waals surface area contributed by atoms with Crippen molar-refractivity contribution in [2.45, 2.75) is 26.2 Å². The van der Waals surface area contributed by atoms with E-state index in [9.17, 15) is 0 Å². The van der Waals surface area contributed by atoms with Crippen LogP contribution in [0.1, 0.15) is 34.0 Å². The van der Waals surface area contributed by atoms with Gasteiger partial charge in [0, 0.05) is 36.1 Å². The summed E-state index contributed by atoms with van der Waals surface area (Å²) >= 11 is 0. The molecule has 102 valence electrons. The van der Waals surface area contributed by atoms with Gasteiger partial charge in [-0.3, -0.25) is 5.10 Å². The molecular formula is C16H18N4. The van der Waals surface area contributed by atoms with Crippen LogP contribution in [0.4, 0.5) is 0 Å². The van der Waals surface area contributed by atoms with Crippen LogP contribution < -0.4 is 0 Å². The highest BCUT2D eigenvalue weighted by Crippen LogP contribution is 2.30. The number of hydrogen-bond acceptors (Lipinski definition) is 2. The number of rotatable bonds is 4. The van der Waals surface area contributed by atoms with Crippen LogP contribution in [0.5, 0.6) is 0 Å². The van der Waals surface area contributed by atoms with Gasteiger partial charge in [0.2, 0.25) is 0 Å². The second kappa shape index (κ2) is 5.33. The standard InChI is InChI=1S/C16H18N4/c1-11-4-3-5-14(12(11)2)15(16-9-17-10-18-16)8-13-6-7-19-20-13/h3-7,9-10,15H,8H2,1-2H3,(H,17,18)(H,19,20)/t15-/m0/s1. The number of H-pyrrole nitrogens is 2. The average Bonchev–Trinajstić information content (AvgIpc) is 3.11. The van der Waals surface area contributed by atoms with Crippen molar-refractivity contribution in [1.82, 2.24) is 20.2 Å². The summed E-state index contributed by atoms with van der Waals surface area (Å²) in [6, 6.07) is 8.49. The smallest absolute Gasteiger partial charge is 0.0921 e. The van der Waals surface area contributed by atoms with E-state index < -0.39 is 0 Å². The molecule has 0 amide bonds. The van der Waals surface area contributed by atoms with E-state index in [2.05, 4.69) is 52.2 Å². The molecule has 0 spiro atoms. The molecule has 2 N–H and O–H groups in total. The molecule has 4 heteroatoms. The van der Waals surface area contributed by atoms with Gasteiger partial charge in [-0.05, 0) is 36.6 Å². The third-order valence-electron chi connectivity index (χ3n) is 3.90. The van der Waals surface area contributed by atoms with Gasteiger partial charge in [0.05, 0.1) is 6.33 Å². The lowest BCUT2D eigenvalue weighted by Gasteiger charge is -2.18. The van der Waals surface area contributed by atoms with Crippen LogP contribution in [0.15, 0.2) is 43.0 Å². The van der Waals surface area contributed by atoms with Gasteiger partial charge in [0.25, 0.3) is 0 Å². The molecule has 0 bridgehead atoms. The van der Waals surface area contributed by atoms with Crippen molar-refractivity contribution in [2.24, 2.45) is 0 Å². The first kappa shape index (κ1) is 12.7. The minimum Gasteiger partial charge on any atom is -0.348 e. The molecule has 0 unspecified atom stereocenters. The molecule has 1 atom stereocenters. The van der Waals surface area contributed by atoms with Crippen molar-refractivity contribution in [3.8, 4) is 0 Å². The number of nitrogens with zero attached hydrogens (tertiary/aromatic N) is 2. The fraction of sp³-hybridized carbons (Fsp3) is 0.250. The third kappa shape index (κ3) is 2.37. The van der Waals surface area contributed by atoms with Crippen LogP contribution in [0, 0.1) is 13.8 Å². The molecular weight excluding hydrogens is 248 g/mol. The Morgan fingerprint density at radius 3 is 2.80 bits per heavy atom. The third-order valence-corrected chi connectivity index (χ3v) is 3.90. The molecule has 0 saturated carbocycles. The summed E-state index contributed by atoms with van der Waals surface area (Å²) in [5, 5.41) is 7.09. The first-order valence-electron chi connectivity index (χ1n) is 6.78. The minimum absolute atomic E-state index is 0.262. The number of nitrogens with one attached hydrogen (secondary N) is 2. The minimum atomic E-state index is 0.262. The Labute approximate surface area is 118 Å². The molecule has 1 aromatic carbocycles. The van der Waals surface area contributed by atoms with Gasteiger partial charge in [0.1, 0.15) is 0 Å². The Kier molecular flexibility index (Phi) is 3.37.